The Morgan fingerprint density at radius 2 is 1.62 bits per heavy atom. The summed E-state index contributed by atoms with van der Waals surface area (Å²) < 4.78 is 5.20. The number of aryl methyl sites for hydroxylation is 3. The molecule has 0 radical (unpaired) electrons. The molecule has 2 rings (SSSR count). The van der Waals surface area contributed by atoms with Crippen LogP contribution in [0.3, 0.4) is 0 Å². The molecule has 0 aromatic heterocycles. The van der Waals surface area contributed by atoms with Crippen LogP contribution in [0.4, 0.5) is 11.4 Å². The van der Waals surface area contributed by atoms with E-state index in [-0.39, 0.29) is 0 Å². The Morgan fingerprint density at radius 3 is 2.29 bits per heavy atom. The summed E-state index contributed by atoms with van der Waals surface area (Å²) in [6.07, 6.45) is 0. The van der Waals surface area contributed by atoms with E-state index in [1.54, 1.807) is 7.11 Å². The number of anilines is 2. The molecule has 0 amide bonds. The van der Waals surface area contributed by atoms with Crippen molar-refractivity contribution in [1.82, 2.24) is 0 Å². The van der Waals surface area contributed by atoms with Crippen LogP contribution in [0, 0.1) is 20.8 Å². The van der Waals surface area contributed by atoms with Gasteiger partial charge in [-0.2, -0.15) is 0 Å². The molecule has 0 aliphatic heterocycles. The zero-order valence-electron chi connectivity index (χ0n) is 12.8. The van der Waals surface area contributed by atoms with Crippen LogP contribution in [0.2, 0.25) is 0 Å². The zero-order valence-corrected chi connectivity index (χ0v) is 13.6. The number of rotatable bonds is 3. The molecule has 0 atom stereocenters. The fourth-order valence-electron chi connectivity index (χ4n) is 2.05. The van der Waals surface area contributed by atoms with Gasteiger partial charge in [0.15, 0.2) is 5.11 Å². The fraction of sp³-hybridized carbons (Fsp3) is 0.235. The lowest BCUT2D eigenvalue weighted by Crippen LogP contribution is -2.20. The molecule has 3 nitrogen and oxygen atoms in total. The Morgan fingerprint density at radius 1 is 0.905 bits per heavy atom. The number of thiocarbonyl (C=S) groups is 1. The lowest BCUT2D eigenvalue weighted by molar-refractivity contribution is 0.414. The largest absolute Gasteiger partial charge is 0.497 e. The predicted octanol–water partition coefficient (Wildman–Crippen LogP) is 4.43. The first-order valence-electron chi connectivity index (χ1n) is 6.79. The van der Waals surface area contributed by atoms with Crippen molar-refractivity contribution in [3.8, 4) is 5.75 Å². The molecule has 2 aromatic rings. The molecule has 21 heavy (non-hydrogen) atoms. The lowest BCUT2D eigenvalue weighted by atomic mass is 10.1. The Hall–Kier alpha value is -2.07. The highest BCUT2D eigenvalue weighted by Crippen LogP contribution is 2.22. The summed E-state index contributed by atoms with van der Waals surface area (Å²) >= 11 is 5.39. The summed E-state index contributed by atoms with van der Waals surface area (Å²) in [6, 6.07) is 12.1. The Balaban J connectivity index is 2.10. The minimum absolute atomic E-state index is 0.581. The van der Waals surface area contributed by atoms with Gasteiger partial charge in [0.2, 0.25) is 0 Å². The highest BCUT2D eigenvalue weighted by molar-refractivity contribution is 7.80. The van der Waals surface area contributed by atoms with Crippen molar-refractivity contribution in [3.63, 3.8) is 0 Å². The molecule has 0 unspecified atom stereocenters. The summed E-state index contributed by atoms with van der Waals surface area (Å²) in [5, 5.41) is 7.05. The molecule has 0 spiro atoms. The number of methoxy groups -OCH3 is 1. The van der Waals surface area contributed by atoms with Gasteiger partial charge in [-0.1, -0.05) is 12.1 Å². The van der Waals surface area contributed by atoms with Gasteiger partial charge in [0.1, 0.15) is 5.75 Å². The molecular weight excluding hydrogens is 280 g/mol. The Bertz CT molecular complexity index is 668. The highest BCUT2D eigenvalue weighted by atomic mass is 32.1. The molecular formula is C17H20N2OS. The maximum Gasteiger partial charge on any atom is 0.175 e. The van der Waals surface area contributed by atoms with E-state index in [4.69, 9.17) is 17.0 Å². The number of hydrogen-bond acceptors (Lipinski definition) is 2. The van der Waals surface area contributed by atoms with Crippen LogP contribution in [0.15, 0.2) is 36.4 Å². The van der Waals surface area contributed by atoms with Crippen LogP contribution < -0.4 is 15.4 Å². The van der Waals surface area contributed by atoms with Gasteiger partial charge in [0, 0.05) is 11.4 Å². The van der Waals surface area contributed by atoms with E-state index in [0.29, 0.717) is 5.11 Å². The predicted molar refractivity (Wildman–Crippen MR) is 93.5 cm³/mol. The zero-order chi connectivity index (χ0) is 15.4. The fourth-order valence-corrected chi connectivity index (χ4v) is 2.27. The van der Waals surface area contributed by atoms with Crippen LogP contribution in [0.5, 0.6) is 5.75 Å². The monoisotopic (exact) mass is 300 g/mol. The summed E-state index contributed by atoms with van der Waals surface area (Å²) in [4.78, 5) is 0. The third kappa shape index (κ3) is 3.95. The molecule has 0 heterocycles. The highest BCUT2D eigenvalue weighted by Gasteiger charge is 2.05. The number of hydrogen-bond donors (Lipinski definition) is 2. The second-order valence-electron chi connectivity index (χ2n) is 5.08. The molecule has 4 heteroatoms. The van der Waals surface area contributed by atoms with Gasteiger partial charge in [-0.05, 0) is 73.9 Å². The van der Waals surface area contributed by atoms with Gasteiger partial charge in [0.25, 0.3) is 0 Å². The third-order valence-electron chi connectivity index (χ3n) is 3.32. The van der Waals surface area contributed by atoms with Gasteiger partial charge in [0.05, 0.1) is 7.11 Å². The maximum absolute atomic E-state index is 5.39. The van der Waals surface area contributed by atoms with Crippen LogP contribution in [-0.2, 0) is 0 Å². The summed E-state index contributed by atoms with van der Waals surface area (Å²) in [7, 11) is 1.66. The third-order valence-corrected chi connectivity index (χ3v) is 3.53. The summed E-state index contributed by atoms with van der Waals surface area (Å²) in [6.45, 7) is 6.14. The first kappa shape index (κ1) is 15.3. The second-order valence-corrected chi connectivity index (χ2v) is 5.49. The van der Waals surface area contributed by atoms with Gasteiger partial charge in [-0.25, -0.2) is 0 Å². The molecule has 0 saturated carbocycles. The summed E-state index contributed by atoms with van der Waals surface area (Å²) in [5.41, 5.74) is 5.44. The molecule has 0 saturated heterocycles. The van der Waals surface area contributed by atoms with Crippen molar-refractivity contribution in [2.75, 3.05) is 17.7 Å². The Kier molecular flexibility index (Phi) is 4.81. The van der Waals surface area contributed by atoms with Gasteiger partial charge >= 0.3 is 0 Å². The molecule has 2 aromatic carbocycles. The number of benzene rings is 2. The molecule has 0 bridgehead atoms. The Labute approximate surface area is 131 Å². The van der Waals surface area contributed by atoms with Crippen LogP contribution in [-0.4, -0.2) is 12.2 Å². The number of ether oxygens (including phenoxy) is 1. The van der Waals surface area contributed by atoms with Crippen molar-refractivity contribution in [3.05, 3.63) is 53.1 Å². The van der Waals surface area contributed by atoms with Crippen LogP contribution in [0.1, 0.15) is 16.7 Å². The minimum Gasteiger partial charge on any atom is -0.497 e. The van der Waals surface area contributed by atoms with Crippen molar-refractivity contribution in [2.24, 2.45) is 0 Å². The minimum atomic E-state index is 0.581. The van der Waals surface area contributed by atoms with Crippen LogP contribution in [0.25, 0.3) is 0 Å². The molecule has 0 fully saturated rings. The van der Waals surface area contributed by atoms with E-state index in [0.717, 1.165) is 28.3 Å². The van der Waals surface area contributed by atoms with E-state index in [2.05, 4.69) is 42.7 Å². The van der Waals surface area contributed by atoms with E-state index in [1.807, 2.05) is 25.1 Å². The van der Waals surface area contributed by atoms with Crippen LogP contribution >= 0.6 is 12.2 Å². The SMILES string of the molecule is COc1ccc(NC(=S)Nc2cc(C)ccc2C)c(C)c1. The average molecular weight is 300 g/mol. The second kappa shape index (κ2) is 6.59. The van der Waals surface area contributed by atoms with Crippen molar-refractivity contribution in [2.45, 2.75) is 20.8 Å². The van der Waals surface area contributed by atoms with Crippen molar-refractivity contribution in [1.29, 1.82) is 0 Å². The first-order valence-corrected chi connectivity index (χ1v) is 7.20. The quantitative estimate of drug-likeness (QED) is 0.822. The van der Waals surface area contributed by atoms with Gasteiger partial charge in [-0.15, -0.1) is 0 Å². The molecule has 2 N–H and O–H groups in total. The van der Waals surface area contributed by atoms with Crippen molar-refractivity contribution < 1.29 is 4.74 Å². The molecule has 0 aliphatic rings. The van der Waals surface area contributed by atoms with E-state index >= 15 is 0 Å². The van der Waals surface area contributed by atoms with Gasteiger partial charge < -0.3 is 15.4 Å². The van der Waals surface area contributed by atoms with E-state index in [9.17, 15) is 0 Å². The van der Waals surface area contributed by atoms with Crippen molar-refractivity contribution >= 4 is 28.7 Å². The first-order chi connectivity index (χ1) is 9.99. The topological polar surface area (TPSA) is 33.3 Å². The van der Waals surface area contributed by atoms with Gasteiger partial charge in [-0.3, -0.25) is 0 Å². The summed E-state index contributed by atoms with van der Waals surface area (Å²) in [5.74, 6) is 0.839. The number of nitrogens with one attached hydrogen (secondary N) is 2. The smallest absolute Gasteiger partial charge is 0.175 e. The molecule has 0 aliphatic carbocycles. The molecule has 110 valence electrons. The lowest BCUT2D eigenvalue weighted by Gasteiger charge is -2.15. The standard InChI is InChI=1S/C17H20N2OS/c1-11-5-6-12(2)16(9-11)19-17(21)18-15-8-7-14(20-4)10-13(15)3/h5-10H,1-4H3,(H2,18,19,21). The van der Waals surface area contributed by atoms with E-state index in [1.165, 1.54) is 5.56 Å². The average Bonchev–Trinajstić information content (AvgIpc) is 2.45. The maximum atomic E-state index is 5.39. The van der Waals surface area contributed by atoms with E-state index < -0.39 is 0 Å². The normalized spacial score (nSPS) is 10.1.